The van der Waals surface area contributed by atoms with Crippen LogP contribution in [0.1, 0.15) is 23.6 Å². The molecule has 1 heterocycles. The fourth-order valence-corrected chi connectivity index (χ4v) is 2.07. The van der Waals surface area contributed by atoms with Crippen LogP contribution in [0.3, 0.4) is 0 Å². The highest BCUT2D eigenvalue weighted by Crippen LogP contribution is 2.30. The monoisotopic (exact) mass is 267 g/mol. The van der Waals surface area contributed by atoms with Gasteiger partial charge in [0.15, 0.2) is 0 Å². The van der Waals surface area contributed by atoms with Gasteiger partial charge in [-0.05, 0) is 44.0 Å². The van der Waals surface area contributed by atoms with Gasteiger partial charge in [-0.2, -0.15) is 5.26 Å². The van der Waals surface area contributed by atoms with E-state index in [1.807, 2.05) is 39.0 Å². The molecule has 102 valence electrons. The molecule has 1 N–H and O–H groups in total. The molecule has 2 rings (SSSR count). The lowest BCUT2D eigenvalue weighted by Gasteiger charge is -2.13. The van der Waals surface area contributed by atoms with E-state index in [4.69, 9.17) is 10.00 Å². The van der Waals surface area contributed by atoms with E-state index in [1.165, 1.54) is 0 Å². The Balaban J connectivity index is 2.31. The van der Waals surface area contributed by atoms with Crippen molar-refractivity contribution in [2.24, 2.45) is 0 Å². The average Bonchev–Trinajstić information content (AvgIpc) is 2.43. The molecule has 0 unspecified atom stereocenters. The number of nitrogens with one attached hydrogen (secondary N) is 1. The Bertz CT molecular complexity index is 636. The molecule has 0 aliphatic carbocycles. The molecule has 1 aromatic carbocycles. The molecule has 20 heavy (non-hydrogen) atoms. The minimum absolute atomic E-state index is 0.645. The van der Waals surface area contributed by atoms with Crippen molar-refractivity contribution < 1.29 is 4.74 Å². The van der Waals surface area contributed by atoms with E-state index in [-0.39, 0.29) is 0 Å². The fourth-order valence-electron chi connectivity index (χ4n) is 2.07. The molecule has 0 saturated heterocycles. The predicted octanol–water partition coefficient (Wildman–Crippen LogP) is 3.79. The summed E-state index contributed by atoms with van der Waals surface area (Å²) >= 11 is 0. The number of benzene rings is 1. The fraction of sp³-hybridized carbons (Fsp3) is 0.250. The van der Waals surface area contributed by atoms with Gasteiger partial charge in [-0.15, -0.1) is 0 Å². The standard InChI is InChI=1S/C16H17N3O/c1-4-19-14-7-15(10-18-9-14)20-16-11(2)5-13(8-17)6-12(16)3/h5-7,9-10,19H,4H2,1-3H3. The smallest absolute Gasteiger partial charge is 0.147 e. The van der Waals surface area contributed by atoms with E-state index < -0.39 is 0 Å². The summed E-state index contributed by atoms with van der Waals surface area (Å²) in [7, 11) is 0. The van der Waals surface area contributed by atoms with Gasteiger partial charge in [0.05, 0.1) is 29.7 Å². The second-order valence-corrected chi connectivity index (χ2v) is 4.59. The summed E-state index contributed by atoms with van der Waals surface area (Å²) < 4.78 is 5.91. The largest absolute Gasteiger partial charge is 0.455 e. The summed E-state index contributed by atoms with van der Waals surface area (Å²) in [5.41, 5.74) is 3.45. The molecule has 0 bridgehead atoms. The van der Waals surface area contributed by atoms with Crippen molar-refractivity contribution in [2.75, 3.05) is 11.9 Å². The van der Waals surface area contributed by atoms with Gasteiger partial charge in [0.2, 0.25) is 0 Å². The molecule has 0 spiro atoms. The summed E-state index contributed by atoms with van der Waals surface area (Å²) in [5.74, 6) is 1.46. The molecule has 0 radical (unpaired) electrons. The Labute approximate surface area is 119 Å². The molecule has 0 atom stereocenters. The molecule has 1 aromatic heterocycles. The first-order chi connectivity index (χ1) is 9.63. The normalized spacial score (nSPS) is 9.90. The first-order valence-electron chi connectivity index (χ1n) is 6.52. The number of anilines is 1. The Morgan fingerprint density at radius 2 is 1.90 bits per heavy atom. The number of nitrogens with zero attached hydrogens (tertiary/aromatic N) is 2. The minimum atomic E-state index is 0.645. The van der Waals surface area contributed by atoms with E-state index in [1.54, 1.807) is 12.4 Å². The number of rotatable bonds is 4. The minimum Gasteiger partial charge on any atom is -0.455 e. The molecule has 2 aromatic rings. The molecule has 0 amide bonds. The topological polar surface area (TPSA) is 57.9 Å². The molecular formula is C16H17N3O. The lowest BCUT2D eigenvalue weighted by Crippen LogP contribution is -1.98. The van der Waals surface area contributed by atoms with Crippen molar-refractivity contribution >= 4 is 5.69 Å². The van der Waals surface area contributed by atoms with Gasteiger partial charge in [0.1, 0.15) is 11.5 Å². The molecule has 0 fully saturated rings. The van der Waals surface area contributed by atoms with Crippen LogP contribution in [0.5, 0.6) is 11.5 Å². The molecule has 4 heteroatoms. The number of nitriles is 1. The maximum atomic E-state index is 8.95. The Kier molecular flexibility index (Phi) is 4.21. The van der Waals surface area contributed by atoms with Crippen LogP contribution in [-0.4, -0.2) is 11.5 Å². The highest BCUT2D eigenvalue weighted by molar-refractivity contribution is 5.51. The summed E-state index contributed by atoms with van der Waals surface area (Å²) in [6.07, 6.45) is 3.44. The van der Waals surface area contributed by atoms with Crippen molar-refractivity contribution in [1.29, 1.82) is 5.26 Å². The summed E-state index contributed by atoms with van der Waals surface area (Å²) in [6, 6.07) is 7.70. The number of aryl methyl sites for hydroxylation is 2. The van der Waals surface area contributed by atoms with Gasteiger partial charge in [-0.25, -0.2) is 0 Å². The zero-order valence-electron chi connectivity index (χ0n) is 11.9. The van der Waals surface area contributed by atoms with E-state index >= 15 is 0 Å². The van der Waals surface area contributed by atoms with Crippen LogP contribution in [0.15, 0.2) is 30.6 Å². The van der Waals surface area contributed by atoms with Gasteiger partial charge in [0.25, 0.3) is 0 Å². The number of aromatic nitrogens is 1. The van der Waals surface area contributed by atoms with Crippen LogP contribution in [0.25, 0.3) is 0 Å². The average molecular weight is 267 g/mol. The Hall–Kier alpha value is -2.54. The van der Waals surface area contributed by atoms with E-state index in [9.17, 15) is 0 Å². The number of hydrogen-bond acceptors (Lipinski definition) is 4. The summed E-state index contributed by atoms with van der Waals surface area (Å²) in [5, 5.41) is 12.1. The zero-order chi connectivity index (χ0) is 14.5. The maximum absolute atomic E-state index is 8.95. The number of ether oxygens (including phenoxy) is 1. The number of pyridine rings is 1. The molecule has 0 aliphatic rings. The first kappa shape index (κ1) is 13.9. The van der Waals surface area contributed by atoms with Gasteiger partial charge < -0.3 is 10.1 Å². The Morgan fingerprint density at radius 3 is 2.50 bits per heavy atom. The van der Waals surface area contributed by atoms with Crippen molar-refractivity contribution in [3.63, 3.8) is 0 Å². The first-order valence-corrected chi connectivity index (χ1v) is 6.52. The summed E-state index contributed by atoms with van der Waals surface area (Å²) in [4.78, 5) is 4.15. The SMILES string of the molecule is CCNc1cncc(Oc2c(C)cc(C#N)cc2C)c1. The zero-order valence-corrected chi connectivity index (χ0v) is 11.9. The molecular weight excluding hydrogens is 250 g/mol. The predicted molar refractivity (Wildman–Crippen MR) is 79.1 cm³/mol. The van der Waals surface area contributed by atoms with Crippen LogP contribution >= 0.6 is 0 Å². The second-order valence-electron chi connectivity index (χ2n) is 4.59. The van der Waals surface area contributed by atoms with Crippen LogP contribution in [0, 0.1) is 25.2 Å². The van der Waals surface area contributed by atoms with Gasteiger partial charge >= 0.3 is 0 Å². The molecule has 0 saturated carbocycles. The molecule has 4 nitrogen and oxygen atoms in total. The van der Waals surface area contributed by atoms with Gasteiger partial charge in [-0.3, -0.25) is 4.98 Å². The van der Waals surface area contributed by atoms with Gasteiger partial charge in [-0.1, -0.05) is 0 Å². The highest BCUT2D eigenvalue weighted by Gasteiger charge is 2.08. The third-order valence-electron chi connectivity index (χ3n) is 2.90. The second kappa shape index (κ2) is 6.07. The van der Waals surface area contributed by atoms with E-state index in [2.05, 4.69) is 16.4 Å². The van der Waals surface area contributed by atoms with E-state index in [0.29, 0.717) is 11.3 Å². The van der Waals surface area contributed by atoms with Gasteiger partial charge in [0, 0.05) is 12.6 Å². The van der Waals surface area contributed by atoms with E-state index in [0.717, 1.165) is 29.1 Å². The van der Waals surface area contributed by atoms with Crippen molar-refractivity contribution in [1.82, 2.24) is 4.98 Å². The maximum Gasteiger partial charge on any atom is 0.147 e. The van der Waals surface area contributed by atoms with Crippen LogP contribution < -0.4 is 10.1 Å². The third-order valence-corrected chi connectivity index (χ3v) is 2.90. The van der Waals surface area contributed by atoms with Crippen LogP contribution in [-0.2, 0) is 0 Å². The third kappa shape index (κ3) is 3.07. The summed E-state index contributed by atoms with van der Waals surface area (Å²) in [6.45, 7) is 6.73. The Morgan fingerprint density at radius 1 is 1.20 bits per heavy atom. The molecule has 0 aliphatic heterocycles. The lowest BCUT2D eigenvalue weighted by molar-refractivity contribution is 0.473. The van der Waals surface area contributed by atoms with Crippen molar-refractivity contribution in [3.05, 3.63) is 47.3 Å². The lowest BCUT2D eigenvalue weighted by atomic mass is 10.1. The van der Waals surface area contributed by atoms with Crippen molar-refractivity contribution in [3.8, 4) is 17.6 Å². The van der Waals surface area contributed by atoms with Crippen LogP contribution in [0.2, 0.25) is 0 Å². The van der Waals surface area contributed by atoms with Crippen LogP contribution in [0.4, 0.5) is 5.69 Å². The highest BCUT2D eigenvalue weighted by atomic mass is 16.5. The quantitative estimate of drug-likeness (QED) is 0.915. The number of hydrogen-bond donors (Lipinski definition) is 1. The van der Waals surface area contributed by atoms with Crippen molar-refractivity contribution in [2.45, 2.75) is 20.8 Å².